The van der Waals surface area contributed by atoms with Gasteiger partial charge in [-0.3, -0.25) is 0 Å². The fourth-order valence-electron chi connectivity index (χ4n) is 3.58. The minimum absolute atomic E-state index is 0.0370. The van der Waals surface area contributed by atoms with Gasteiger partial charge in [0.1, 0.15) is 17.3 Å². The van der Waals surface area contributed by atoms with E-state index in [2.05, 4.69) is 0 Å². The minimum Gasteiger partial charge on any atom is -0.457 e. The summed E-state index contributed by atoms with van der Waals surface area (Å²) in [6.45, 7) is 0. The summed E-state index contributed by atoms with van der Waals surface area (Å²) in [4.78, 5) is 0. The maximum absolute atomic E-state index is 14.0. The number of alkyl halides is 4. The monoisotopic (exact) mass is 360 g/mol. The summed E-state index contributed by atoms with van der Waals surface area (Å²) in [6, 6.07) is 5.73. The third-order valence-electron chi connectivity index (χ3n) is 4.60. The molecule has 0 amide bonds. The van der Waals surface area contributed by atoms with E-state index in [1.165, 1.54) is 12.1 Å². The Labute approximate surface area is 139 Å². The van der Waals surface area contributed by atoms with Crippen LogP contribution in [-0.2, 0) is 12.3 Å². The van der Waals surface area contributed by atoms with Crippen LogP contribution in [0.5, 0.6) is 11.5 Å². The van der Waals surface area contributed by atoms with Gasteiger partial charge in [0.2, 0.25) is 0 Å². The molecule has 0 bridgehead atoms. The Hall–Kier alpha value is -1.82. The van der Waals surface area contributed by atoms with Gasteiger partial charge in [-0.1, -0.05) is 11.6 Å². The van der Waals surface area contributed by atoms with E-state index in [1.54, 1.807) is 0 Å². The van der Waals surface area contributed by atoms with Gasteiger partial charge < -0.3 is 4.74 Å². The average molecular weight is 361 g/mol. The van der Waals surface area contributed by atoms with Crippen LogP contribution in [0.4, 0.5) is 22.0 Å². The van der Waals surface area contributed by atoms with E-state index in [0.29, 0.717) is 5.56 Å². The molecule has 1 nitrogen and oxygen atoms in total. The molecule has 0 saturated heterocycles. The highest BCUT2D eigenvalue weighted by Crippen LogP contribution is 2.64. The predicted molar refractivity (Wildman–Crippen MR) is 77.8 cm³/mol. The lowest BCUT2D eigenvalue weighted by Crippen LogP contribution is -2.36. The number of rotatable bonds is 2. The van der Waals surface area contributed by atoms with E-state index in [0.717, 1.165) is 18.2 Å². The zero-order chi connectivity index (χ0) is 17.3. The Balaban J connectivity index is 1.80. The lowest BCUT2D eigenvalue weighted by atomic mass is 10.0. The normalized spacial score (nSPS) is 22.5. The van der Waals surface area contributed by atoms with Crippen molar-refractivity contribution in [1.82, 2.24) is 0 Å². The van der Waals surface area contributed by atoms with Crippen molar-refractivity contribution in [3.8, 4) is 11.5 Å². The number of hydrogen-bond donors (Lipinski definition) is 0. The van der Waals surface area contributed by atoms with Crippen LogP contribution >= 0.6 is 11.6 Å². The Morgan fingerprint density at radius 2 is 1.83 bits per heavy atom. The highest BCUT2D eigenvalue weighted by molar-refractivity contribution is 6.30. The lowest BCUT2D eigenvalue weighted by molar-refractivity contribution is -0.215. The Bertz CT molecular complexity index is 829. The molecule has 126 valence electrons. The second kappa shape index (κ2) is 4.85. The Morgan fingerprint density at radius 3 is 2.54 bits per heavy atom. The van der Waals surface area contributed by atoms with E-state index in [1.807, 2.05) is 0 Å². The van der Waals surface area contributed by atoms with E-state index in [9.17, 15) is 22.0 Å². The van der Waals surface area contributed by atoms with Crippen LogP contribution in [0.2, 0.25) is 5.02 Å². The molecule has 1 unspecified atom stereocenters. The molecule has 0 saturated carbocycles. The highest BCUT2D eigenvalue weighted by atomic mass is 35.5. The standard InChI is InChI=1S/C17H10ClF5O/c18-8-5-9(19)7-10(6-8)24-14-4-3-13-15-11(14)1-2-12(15)16(20,21)17(13,22)23/h3-7,12H,1-2H2. The molecule has 0 aliphatic heterocycles. The van der Waals surface area contributed by atoms with Gasteiger partial charge in [-0.15, -0.1) is 0 Å². The van der Waals surface area contributed by atoms with Crippen LogP contribution in [0.3, 0.4) is 0 Å². The topological polar surface area (TPSA) is 9.23 Å². The molecule has 24 heavy (non-hydrogen) atoms. The van der Waals surface area contributed by atoms with E-state index >= 15 is 0 Å². The molecular formula is C17H10ClF5O. The second-order valence-electron chi connectivity index (χ2n) is 6.00. The van der Waals surface area contributed by atoms with Crippen LogP contribution in [0.25, 0.3) is 0 Å². The van der Waals surface area contributed by atoms with Crippen molar-refractivity contribution in [2.24, 2.45) is 0 Å². The summed E-state index contributed by atoms with van der Waals surface area (Å²) >= 11 is 5.75. The van der Waals surface area contributed by atoms with Crippen LogP contribution in [0.1, 0.15) is 29.0 Å². The van der Waals surface area contributed by atoms with Gasteiger partial charge >= 0.3 is 11.8 Å². The summed E-state index contributed by atoms with van der Waals surface area (Å²) < 4.78 is 74.9. The molecule has 2 aromatic rings. The SMILES string of the molecule is Fc1cc(Cl)cc(Oc2ccc3c4c2CCC4C(F)(F)C3(F)F)c1. The molecule has 0 heterocycles. The first-order chi connectivity index (χ1) is 11.2. The predicted octanol–water partition coefficient (Wildman–Crippen LogP) is 6.04. The molecule has 0 fully saturated rings. The average Bonchev–Trinajstić information content (AvgIpc) is 2.96. The number of ether oxygens (including phenoxy) is 1. The molecule has 2 aliphatic rings. The van der Waals surface area contributed by atoms with E-state index < -0.39 is 29.1 Å². The fourth-order valence-corrected chi connectivity index (χ4v) is 3.79. The molecule has 2 aliphatic carbocycles. The maximum atomic E-state index is 14.0. The van der Waals surface area contributed by atoms with Crippen molar-refractivity contribution in [3.05, 3.63) is 57.9 Å². The first-order valence-corrected chi connectivity index (χ1v) is 7.65. The lowest BCUT2D eigenvalue weighted by Gasteiger charge is -2.23. The number of benzene rings is 2. The summed E-state index contributed by atoms with van der Waals surface area (Å²) in [5.74, 6) is -10.2. The summed E-state index contributed by atoms with van der Waals surface area (Å²) in [6.07, 6.45) is 0.132. The number of hydrogen-bond acceptors (Lipinski definition) is 1. The minimum atomic E-state index is -4.19. The van der Waals surface area contributed by atoms with Crippen molar-refractivity contribution in [2.75, 3.05) is 0 Å². The summed E-state index contributed by atoms with van der Waals surface area (Å²) in [5, 5.41) is 0.110. The third kappa shape index (κ3) is 1.98. The van der Waals surface area contributed by atoms with Crippen LogP contribution in [-0.4, -0.2) is 5.92 Å². The van der Waals surface area contributed by atoms with Crippen molar-refractivity contribution in [3.63, 3.8) is 0 Å². The van der Waals surface area contributed by atoms with Gasteiger partial charge in [0, 0.05) is 16.7 Å². The Kier molecular flexibility index (Phi) is 3.17. The zero-order valence-electron chi connectivity index (χ0n) is 12.1. The van der Waals surface area contributed by atoms with Gasteiger partial charge in [0.05, 0.1) is 5.92 Å². The van der Waals surface area contributed by atoms with Gasteiger partial charge in [0.15, 0.2) is 0 Å². The van der Waals surface area contributed by atoms with E-state index in [4.69, 9.17) is 16.3 Å². The van der Waals surface area contributed by atoms with E-state index in [-0.39, 0.29) is 34.9 Å². The van der Waals surface area contributed by atoms with Crippen LogP contribution < -0.4 is 4.74 Å². The van der Waals surface area contributed by atoms with Crippen molar-refractivity contribution in [2.45, 2.75) is 30.6 Å². The zero-order valence-corrected chi connectivity index (χ0v) is 12.8. The van der Waals surface area contributed by atoms with Gasteiger partial charge in [0.25, 0.3) is 0 Å². The van der Waals surface area contributed by atoms with Gasteiger partial charge in [-0.25, -0.2) is 4.39 Å². The van der Waals surface area contributed by atoms with Crippen LogP contribution in [0, 0.1) is 5.82 Å². The third-order valence-corrected chi connectivity index (χ3v) is 4.82. The summed E-state index contributed by atoms with van der Waals surface area (Å²) in [7, 11) is 0. The fraction of sp³-hybridized carbons (Fsp3) is 0.294. The first kappa shape index (κ1) is 15.7. The first-order valence-electron chi connectivity index (χ1n) is 7.27. The molecule has 0 radical (unpaired) electrons. The van der Waals surface area contributed by atoms with Gasteiger partial charge in [-0.05, 0) is 48.2 Å². The van der Waals surface area contributed by atoms with Crippen molar-refractivity contribution >= 4 is 11.6 Å². The van der Waals surface area contributed by atoms with Gasteiger partial charge in [-0.2, -0.15) is 17.6 Å². The maximum Gasteiger partial charge on any atom is 0.336 e. The molecule has 1 atom stereocenters. The summed E-state index contributed by atoms with van der Waals surface area (Å²) in [5.41, 5.74) is -0.352. The second-order valence-corrected chi connectivity index (χ2v) is 6.44. The van der Waals surface area contributed by atoms with Crippen LogP contribution in [0.15, 0.2) is 30.3 Å². The molecule has 2 aromatic carbocycles. The van der Waals surface area contributed by atoms with Crippen molar-refractivity contribution < 1.29 is 26.7 Å². The Morgan fingerprint density at radius 1 is 1.08 bits per heavy atom. The smallest absolute Gasteiger partial charge is 0.336 e. The number of halogens is 6. The quantitative estimate of drug-likeness (QED) is 0.593. The van der Waals surface area contributed by atoms with Crippen molar-refractivity contribution in [1.29, 1.82) is 0 Å². The molecular weight excluding hydrogens is 351 g/mol. The molecule has 0 spiro atoms. The molecule has 7 heteroatoms. The largest absolute Gasteiger partial charge is 0.457 e. The molecule has 0 N–H and O–H groups in total. The molecule has 4 rings (SSSR count). The molecule has 0 aromatic heterocycles. The highest BCUT2D eigenvalue weighted by Gasteiger charge is 2.69.